The monoisotopic (exact) mass is 649 g/mol. The fraction of sp³-hybridized carbons (Fsp3) is 0.475. The summed E-state index contributed by atoms with van der Waals surface area (Å²) >= 11 is 0. The molecule has 1 amide bonds. The van der Waals surface area contributed by atoms with Gasteiger partial charge in [0.15, 0.2) is 0 Å². The van der Waals surface area contributed by atoms with Crippen LogP contribution in [0.15, 0.2) is 76.6 Å². The number of nitrogens with zero attached hydrogens (tertiary/aromatic N) is 2. The molecule has 0 saturated heterocycles. The molecule has 1 aliphatic carbocycles. The summed E-state index contributed by atoms with van der Waals surface area (Å²) < 4.78 is 14.9. The Balaban J connectivity index is 0.00000370. The van der Waals surface area contributed by atoms with Crippen molar-refractivity contribution in [3.05, 3.63) is 106 Å². The van der Waals surface area contributed by atoms with Crippen molar-refractivity contribution < 1.29 is 12.0 Å². The van der Waals surface area contributed by atoms with Gasteiger partial charge in [-0.25, -0.2) is 4.39 Å². The Morgan fingerprint density at radius 1 is 1.04 bits per heavy atom. The second-order valence-electron chi connectivity index (χ2n) is 11.7. The average molecular weight is 649 g/mol. The third kappa shape index (κ3) is 12.5. The first-order valence-corrected chi connectivity index (χ1v) is 17.6. The van der Waals surface area contributed by atoms with Gasteiger partial charge in [0.2, 0.25) is 0 Å². The molecular weight excluding hydrogens is 585 g/mol. The normalized spacial score (nSPS) is 15.7. The average Bonchev–Trinajstić information content (AvgIpc) is 3.85. The number of anilines is 1. The molecule has 261 valence electrons. The molecule has 2 atom stereocenters. The molecule has 0 fully saturated rings. The SMILES string of the molecule is C=C(C)/C(=C\NCC)N=CC(C)N[C@@H](C)c1cc(NC(=O)c2ccc(CN3CCC4=C([CH]4)CC3)c(CCC)c2)ccc1F.CC.CC.[HH].[HH]. The van der Waals surface area contributed by atoms with E-state index in [1.807, 2.05) is 73.7 Å². The Bertz CT molecular complexity index is 1410. The van der Waals surface area contributed by atoms with E-state index in [0.717, 1.165) is 63.1 Å². The van der Waals surface area contributed by atoms with E-state index in [9.17, 15) is 9.18 Å². The molecule has 1 heterocycles. The number of halogens is 1. The van der Waals surface area contributed by atoms with Crippen LogP contribution in [0, 0.1) is 12.2 Å². The zero-order valence-electron chi connectivity index (χ0n) is 30.4. The Kier molecular flexibility index (Phi) is 17.4. The van der Waals surface area contributed by atoms with Gasteiger partial charge in [-0.3, -0.25) is 14.7 Å². The van der Waals surface area contributed by atoms with Crippen LogP contribution >= 0.6 is 0 Å². The van der Waals surface area contributed by atoms with Crippen molar-refractivity contribution in [3.63, 3.8) is 0 Å². The van der Waals surface area contributed by atoms with Crippen LogP contribution in [0.4, 0.5) is 10.1 Å². The minimum absolute atomic E-state index is 0. The molecule has 1 aliphatic heterocycles. The van der Waals surface area contributed by atoms with E-state index in [1.165, 1.54) is 17.2 Å². The van der Waals surface area contributed by atoms with E-state index in [2.05, 4.69) is 51.8 Å². The zero-order chi connectivity index (χ0) is 34.9. The lowest BCUT2D eigenvalue weighted by molar-refractivity contribution is 0.102. The van der Waals surface area contributed by atoms with Crippen molar-refractivity contribution in [3.8, 4) is 0 Å². The Morgan fingerprint density at radius 3 is 2.34 bits per heavy atom. The molecule has 47 heavy (non-hydrogen) atoms. The first kappa shape index (κ1) is 39.6. The topological polar surface area (TPSA) is 68.8 Å². The molecule has 1 radical (unpaired) electrons. The molecule has 0 spiro atoms. The van der Waals surface area contributed by atoms with Gasteiger partial charge in [0, 0.05) is 76.8 Å². The van der Waals surface area contributed by atoms with E-state index in [0.29, 0.717) is 16.8 Å². The van der Waals surface area contributed by atoms with Gasteiger partial charge in [0.25, 0.3) is 5.91 Å². The Morgan fingerprint density at radius 2 is 1.72 bits per heavy atom. The van der Waals surface area contributed by atoms with Crippen LogP contribution in [0.3, 0.4) is 0 Å². The highest BCUT2D eigenvalue weighted by Crippen LogP contribution is 2.37. The largest absolute Gasteiger partial charge is 0.389 e. The summed E-state index contributed by atoms with van der Waals surface area (Å²) in [4.78, 5) is 20.4. The molecule has 6 nitrogen and oxygen atoms in total. The lowest BCUT2D eigenvalue weighted by atomic mass is 9.99. The van der Waals surface area contributed by atoms with Crippen LogP contribution < -0.4 is 16.0 Å². The highest BCUT2D eigenvalue weighted by molar-refractivity contribution is 6.04. The van der Waals surface area contributed by atoms with E-state index < -0.39 is 0 Å². The molecule has 2 aromatic rings. The second kappa shape index (κ2) is 20.6. The quantitative estimate of drug-likeness (QED) is 0.141. The van der Waals surface area contributed by atoms with Gasteiger partial charge in [-0.1, -0.05) is 64.8 Å². The van der Waals surface area contributed by atoms with E-state index in [1.54, 1.807) is 29.5 Å². The smallest absolute Gasteiger partial charge is 0.255 e. The Hall–Kier alpha value is -3.55. The van der Waals surface area contributed by atoms with Crippen LogP contribution in [-0.2, 0) is 13.0 Å². The molecular formula is C40H63FN5O. The fourth-order valence-corrected chi connectivity index (χ4v) is 5.48. The summed E-state index contributed by atoms with van der Waals surface area (Å²) in [5.41, 5.74) is 8.89. The van der Waals surface area contributed by atoms with E-state index in [4.69, 9.17) is 0 Å². The van der Waals surface area contributed by atoms with Gasteiger partial charge < -0.3 is 16.0 Å². The standard InChI is InChI=1S/C36H47FN5O.2C2H6.2H2/c1-7-9-27-19-30(10-11-31(27)23-42-16-14-28-18-29(28)15-17-42)36(43)41-32-12-13-34(37)33(20-32)26(6)40-25(5)21-39-35(24(3)4)22-38-8-2;2*1-2;;/h10-13,18-22,25-26,38,40H,3,7-9,14-17,23H2,1-2,4-6H3,(H,41,43);2*1-2H3;2*1H/b35-22+,39-21?;;;;/t25?,26-;;;;/m0..../s1. The number of carbonyl (C=O) groups is 1. The minimum atomic E-state index is -0.327. The summed E-state index contributed by atoms with van der Waals surface area (Å²) in [7, 11) is 0. The molecule has 0 saturated carbocycles. The molecule has 2 aromatic carbocycles. The molecule has 7 heteroatoms. The van der Waals surface area contributed by atoms with Gasteiger partial charge in [0.1, 0.15) is 5.82 Å². The predicted molar refractivity (Wildman–Crippen MR) is 204 cm³/mol. The maximum atomic E-state index is 14.9. The molecule has 0 aromatic heterocycles. The van der Waals surface area contributed by atoms with Crippen molar-refractivity contribution in [1.29, 1.82) is 0 Å². The zero-order valence-corrected chi connectivity index (χ0v) is 30.4. The van der Waals surface area contributed by atoms with Crippen LogP contribution in [0.1, 0.15) is 118 Å². The fourth-order valence-electron chi connectivity index (χ4n) is 5.48. The second-order valence-corrected chi connectivity index (χ2v) is 11.7. The number of allylic oxidation sites excluding steroid dienone is 1. The number of nitrogens with one attached hydrogen (secondary N) is 3. The summed E-state index contributed by atoms with van der Waals surface area (Å²) in [5.74, 6) is -0.521. The maximum Gasteiger partial charge on any atom is 0.255 e. The molecule has 2 aliphatic rings. The third-order valence-electron chi connectivity index (χ3n) is 8.00. The summed E-state index contributed by atoms with van der Waals surface area (Å²) in [6.07, 6.45) is 10.2. The van der Waals surface area contributed by atoms with Crippen molar-refractivity contribution >= 4 is 17.8 Å². The number of benzene rings is 2. The Labute approximate surface area is 287 Å². The van der Waals surface area contributed by atoms with Crippen molar-refractivity contribution in [2.75, 3.05) is 25.0 Å². The van der Waals surface area contributed by atoms with Crippen molar-refractivity contribution in [1.82, 2.24) is 15.5 Å². The lowest BCUT2D eigenvalue weighted by Gasteiger charge is -2.23. The number of hydrogen-bond donors (Lipinski definition) is 3. The van der Waals surface area contributed by atoms with E-state index >= 15 is 0 Å². The van der Waals surface area contributed by atoms with Gasteiger partial charge in [-0.15, -0.1) is 0 Å². The van der Waals surface area contributed by atoms with Crippen LogP contribution in [0.5, 0.6) is 0 Å². The number of aryl methyl sites for hydroxylation is 1. The maximum absolute atomic E-state index is 14.9. The number of amides is 1. The number of carbonyl (C=O) groups excluding carboxylic acids is 1. The highest BCUT2D eigenvalue weighted by Gasteiger charge is 2.26. The molecule has 3 N–H and O–H groups in total. The van der Waals surface area contributed by atoms with E-state index in [-0.39, 0.29) is 26.7 Å². The van der Waals surface area contributed by atoms with Gasteiger partial charge in [0.05, 0.1) is 5.70 Å². The molecule has 1 unspecified atom stereocenters. The lowest BCUT2D eigenvalue weighted by Crippen LogP contribution is -2.30. The van der Waals surface area contributed by atoms with Crippen molar-refractivity contribution in [2.45, 2.75) is 107 Å². The minimum Gasteiger partial charge on any atom is -0.389 e. The molecule has 4 rings (SSSR count). The van der Waals surface area contributed by atoms with Crippen LogP contribution in [0.25, 0.3) is 0 Å². The van der Waals surface area contributed by atoms with Crippen LogP contribution in [-0.4, -0.2) is 42.7 Å². The highest BCUT2D eigenvalue weighted by atomic mass is 19.1. The van der Waals surface area contributed by atoms with Crippen LogP contribution in [0.2, 0.25) is 0 Å². The van der Waals surface area contributed by atoms with Gasteiger partial charge in [-0.2, -0.15) is 0 Å². The summed E-state index contributed by atoms with van der Waals surface area (Å²) in [5, 5.41) is 9.52. The number of hydrogen-bond acceptors (Lipinski definition) is 5. The van der Waals surface area contributed by atoms with Gasteiger partial charge >= 0.3 is 0 Å². The molecule has 0 bridgehead atoms. The summed E-state index contributed by atoms with van der Waals surface area (Å²) in [6.45, 7) is 25.8. The third-order valence-corrected chi connectivity index (χ3v) is 8.00. The first-order chi connectivity index (χ1) is 22.7. The predicted octanol–water partition coefficient (Wildman–Crippen LogP) is 9.82. The van der Waals surface area contributed by atoms with Gasteiger partial charge in [-0.05, 0) is 94.0 Å². The number of likely N-dealkylation sites (tertiary alicyclic amines) is 1. The number of aliphatic imine (C=N–C) groups is 1. The summed E-state index contributed by atoms with van der Waals surface area (Å²) in [6, 6.07) is 10.3. The number of rotatable bonds is 14. The first-order valence-electron chi connectivity index (χ1n) is 17.6. The van der Waals surface area contributed by atoms with Crippen molar-refractivity contribution in [2.24, 2.45) is 4.99 Å².